The second kappa shape index (κ2) is 9.65. The summed E-state index contributed by atoms with van der Waals surface area (Å²) in [5, 5.41) is 19.7. The number of aliphatic hydroxyl groups excluding tert-OH is 1. The number of rotatable bonds is 8. The first-order chi connectivity index (χ1) is 15.5. The van der Waals surface area contributed by atoms with Crippen molar-refractivity contribution in [3.8, 4) is 17.3 Å². The number of nitrogens with one attached hydrogen (secondary N) is 1. The van der Waals surface area contributed by atoms with Crippen LogP contribution in [0.3, 0.4) is 0 Å². The van der Waals surface area contributed by atoms with Gasteiger partial charge in [-0.15, -0.1) is 5.10 Å². The highest BCUT2D eigenvalue weighted by molar-refractivity contribution is 5.93. The van der Waals surface area contributed by atoms with Crippen LogP contribution in [-0.4, -0.2) is 63.0 Å². The van der Waals surface area contributed by atoms with E-state index >= 15 is 0 Å². The summed E-state index contributed by atoms with van der Waals surface area (Å²) in [6.07, 6.45) is 4.34. The number of hydrogen-bond donors (Lipinski definition) is 2. The van der Waals surface area contributed by atoms with Crippen LogP contribution >= 0.6 is 0 Å². The number of carbonyl (C=O) groups is 1. The zero-order valence-electron chi connectivity index (χ0n) is 18.1. The molecule has 3 aromatic rings. The summed E-state index contributed by atoms with van der Waals surface area (Å²) in [5.41, 5.74) is 3.39. The zero-order chi connectivity index (χ0) is 22.5. The molecule has 0 unspecified atom stereocenters. The Morgan fingerprint density at radius 3 is 2.88 bits per heavy atom. The molecule has 32 heavy (non-hydrogen) atoms. The van der Waals surface area contributed by atoms with Crippen LogP contribution in [0.5, 0.6) is 5.75 Å². The van der Waals surface area contributed by atoms with Gasteiger partial charge in [-0.1, -0.05) is 0 Å². The van der Waals surface area contributed by atoms with E-state index in [0.29, 0.717) is 23.1 Å². The minimum atomic E-state index is -0.213. The van der Waals surface area contributed by atoms with Crippen LogP contribution in [0.25, 0.3) is 11.5 Å². The van der Waals surface area contributed by atoms with Gasteiger partial charge in [-0.25, -0.2) is 9.97 Å². The molecule has 166 valence electrons. The molecule has 3 aromatic heterocycles. The normalized spacial score (nSPS) is 12.3. The molecule has 4 rings (SSSR count). The van der Waals surface area contributed by atoms with Gasteiger partial charge in [0.05, 0.1) is 18.8 Å². The number of carbonyl (C=O) groups excluding carboxylic acids is 1. The Morgan fingerprint density at radius 1 is 1.22 bits per heavy atom. The van der Waals surface area contributed by atoms with E-state index in [1.807, 2.05) is 18.9 Å². The number of likely N-dealkylation sites (N-methyl/N-ethyl adjacent to an activating group) is 1. The predicted octanol–water partition coefficient (Wildman–Crippen LogP) is 1.57. The molecule has 10 nitrogen and oxygen atoms in total. The van der Waals surface area contributed by atoms with Crippen molar-refractivity contribution in [2.75, 3.05) is 37.0 Å². The first-order valence-corrected chi connectivity index (χ1v) is 10.4. The molecule has 0 saturated heterocycles. The van der Waals surface area contributed by atoms with E-state index < -0.39 is 0 Å². The van der Waals surface area contributed by atoms with Crippen molar-refractivity contribution in [1.29, 1.82) is 0 Å². The fourth-order valence-corrected chi connectivity index (χ4v) is 3.57. The summed E-state index contributed by atoms with van der Waals surface area (Å²) >= 11 is 0. The van der Waals surface area contributed by atoms with E-state index in [1.54, 1.807) is 30.5 Å². The number of fused-ring (bicyclic) bond motifs is 1. The van der Waals surface area contributed by atoms with Gasteiger partial charge in [-0.3, -0.25) is 9.78 Å². The molecule has 0 spiro atoms. The molecule has 0 saturated carbocycles. The summed E-state index contributed by atoms with van der Waals surface area (Å²) in [6.45, 7) is 2.07. The molecule has 1 aliphatic rings. The summed E-state index contributed by atoms with van der Waals surface area (Å²) in [6, 6.07) is 6.98. The maximum atomic E-state index is 12.6. The second-order valence-corrected chi connectivity index (χ2v) is 7.56. The van der Waals surface area contributed by atoms with E-state index in [1.165, 1.54) is 0 Å². The Labute approximate surface area is 185 Å². The molecule has 0 fully saturated rings. The average molecular weight is 435 g/mol. The van der Waals surface area contributed by atoms with Crippen molar-refractivity contribution in [3.63, 3.8) is 0 Å². The SMILES string of the molecule is Cc1ccc(NC(=O)CN(C)c2nc(-c3cc(OCCO)ccn3)nc3c2CCC3)nn1. The van der Waals surface area contributed by atoms with Gasteiger partial charge >= 0.3 is 0 Å². The molecule has 0 radical (unpaired) electrons. The van der Waals surface area contributed by atoms with Crippen LogP contribution < -0.4 is 15.0 Å². The molecular formula is C22H25N7O3. The third-order valence-electron chi connectivity index (χ3n) is 5.04. The molecule has 0 atom stereocenters. The van der Waals surface area contributed by atoms with E-state index in [4.69, 9.17) is 19.8 Å². The smallest absolute Gasteiger partial charge is 0.245 e. The van der Waals surface area contributed by atoms with Crippen LogP contribution in [0.2, 0.25) is 0 Å². The van der Waals surface area contributed by atoms with Crippen molar-refractivity contribution < 1.29 is 14.6 Å². The maximum absolute atomic E-state index is 12.6. The second-order valence-electron chi connectivity index (χ2n) is 7.56. The van der Waals surface area contributed by atoms with Crippen molar-refractivity contribution in [1.82, 2.24) is 25.1 Å². The van der Waals surface area contributed by atoms with Crippen molar-refractivity contribution in [3.05, 3.63) is 47.4 Å². The summed E-state index contributed by atoms with van der Waals surface area (Å²) in [4.78, 5) is 28.2. The summed E-state index contributed by atoms with van der Waals surface area (Å²) in [5.74, 6) is 1.98. The first kappa shape index (κ1) is 21.6. The summed E-state index contributed by atoms with van der Waals surface area (Å²) in [7, 11) is 1.83. The number of anilines is 2. The fourth-order valence-electron chi connectivity index (χ4n) is 3.57. The van der Waals surface area contributed by atoms with Gasteiger partial charge in [-0.2, -0.15) is 5.10 Å². The molecule has 1 aliphatic carbocycles. The number of ether oxygens (including phenoxy) is 1. The monoisotopic (exact) mass is 435 g/mol. The molecule has 3 heterocycles. The van der Waals surface area contributed by atoms with E-state index in [2.05, 4.69) is 20.5 Å². The lowest BCUT2D eigenvalue weighted by Gasteiger charge is -2.21. The third kappa shape index (κ3) is 4.97. The van der Waals surface area contributed by atoms with Gasteiger partial charge in [0.25, 0.3) is 0 Å². The Kier molecular flexibility index (Phi) is 6.50. The van der Waals surface area contributed by atoms with Gasteiger partial charge < -0.3 is 20.1 Å². The number of pyridine rings is 1. The highest BCUT2D eigenvalue weighted by Gasteiger charge is 2.23. The van der Waals surface area contributed by atoms with Crippen LogP contribution in [0, 0.1) is 6.92 Å². The Hall–Kier alpha value is -3.66. The minimum absolute atomic E-state index is 0.0713. The molecule has 10 heteroatoms. The standard InChI is InChI=1S/C22H25N7O3/c1-14-6-7-19(28-27-14)25-20(31)13-29(2)22-16-4-3-5-17(16)24-21(26-22)18-12-15(8-9-23-18)32-11-10-30/h6-9,12,30H,3-5,10-11,13H2,1-2H3,(H,25,28,31). The highest BCUT2D eigenvalue weighted by Crippen LogP contribution is 2.31. The Morgan fingerprint density at radius 2 is 2.09 bits per heavy atom. The molecule has 0 aliphatic heterocycles. The first-order valence-electron chi connectivity index (χ1n) is 10.4. The van der Waals surface area contributed by atoms with E-state index in [9.17, 15) is 4.79 Å². The average Bonchev–Trinajstić information content (AvgIpc) is 3.27. The maximum Gasteiger partial charge on any atom is 0.245 e. The van der Waals surface area contributed by atoms with Gasteiger partial charge in [0.2, 0.25) is 5.91 Å². The number of aromatic nitrogens is 5. The van der Waals surface area contributed by atoms with Crippen molar-refractivity contribution in [2.45, 2.75) is 26.2 Å². The quantitative estimate of drug-likeness (QED) is 0.542. The highest BCUT2D eigenvalue weighted by atomic mass is 16.5. The van der Waals surface area contributed by atoms with Gasteiger partial charge in [0, 0.05) is 30.6 Å². The van der Waals surface area contributed by atoms with Crippen LogP contribution in [-0.2, 0) is 17.6 Å². The van der Waals surface area contributed by atoms with Gasteiger partial charge in [0.15, 0.2) is 11.6 Å². The number of nitrogens with zero attached hydrogens (tertiary/aromatic N) is 6. The lowest BCUT2D eigenvalue weighted by atomic mass is 10.2. The topological polar surface area (TPSA) is 126 Å². The number of aliphatic hydroxyl groups is 1. The summed E-state index contributed by atoms with van der Waals surface area (Å²) < 4.78 is 5.48. The largest absolute Gasteiger partial charge is 0.491 e. The van der Waals surface area contributed by atoms with Crippen LogP contribution in [0.4, 0.5) is 11.6 Å². The van der Waals surface area contributed by atoms with E-state index in [0.717, 1.165) is 42.0 Å². The van der Waals surface area contributed by atoms with Crippen LogP contribution in [0.1, 0.15) is 23.4 Å². The molecular weight excluding hydrogens is 410 g/mol. The number of amides is 1. The van der Waals surface area contributed by atoms with Gasteiger partial charge in [0.1, 0.15) is 23.9 Å². The number of hydrogen-bond acceptors (Lipinski definition) is 9. The number of aryl methyl sites for hydroxylation is 2. The van der Waals surface area contributed by atoms with Crippen molar-refractivity contribution in [2.24, 2.45) is 0 Å². The minimum Gasteiger partial charge on any atom is -0.491 e. The lowest BCUT2D eigenvalue weighted by molar-refractivity contribution is -0.115. The van der Waals surface area contributed by atoms with Gasteiger partial charge in [-0.05, 0) is 44.4 Å². The zero-order valence-corrected chi connectivity index (χ0v) is 18.1. The predicted molar refractivity (Wildman–Crippen MR) is 119 cm³/mol. The molecule has 1 amide bonds. The molecule has 0 bridgehead atoms. The third-order valence-corrected chi connectivity index (χ3v) is 5.04. The fraction of sp³-hybridized carbons (Fsp3) is 0.364. The molecule has 0 aromatic carbocycles. The molecule has 2 N–H and O–H groups in total. The van der Waals surface area contributed by atoms with Crippen LogP contribution in [0.15, 0.2) is 30.5 Å². The van der Waals surface area contributed by atoms with Crippen molar-refractivity contribution >= 4 is 17.5 Å². The Balaban J connectivity index is 1.56. The van der Waals surface area contributed by atoms with E-state index in [-0.39, 0.29) is 25.7 Å². The Bertz CT molecular complexity index is 1110. The lowest BCUT2D eigenvalue weighted by Crippen LogP contribution is -2.32.